The standard InChI is InChI=1S/C42H25NO2S/c1-2-11-26(12-3-1)28-23-24-34(41-32-15-6-9-20-39(32)46-42(28)41)43(27-21-22-30-29-13-4-7-17-35(29)45-38(30)25-27)33-16-10-19-37-40(33)31-14-5-8-18-36(31)44-37/h1-25H. The van der Waals surface area contributed by atoms with E-state index in [2.05, 4.69) is 132 Å². The van der Waals surface area contributed by atoms with Crippen molar-refractivity contribution in [3.05, 3.63) is 152 Å². The molecule has 4 heteroatoms. The van der Waals surface area contributed by atoms with Gasteiger partial charge in [-0.25, -0.2) is 0 Å². The molecule has 3 nitrogen and oxygen atoms in total. The molecule has 0 aliphatic rings. The first-order valence-electron chi connectivity index (χ1n) is 15.4. The molecule has 0 aliphatic carbocycles. The molecule has 3 aromatic heterocycles. The zero-order chi connectivity index (χ0) is 30.2. The molecule has 0 unspecified atom stereocenters. The maximum absolute atomic E-state index is 6.43. The summed E-state index contributed by atoms with van der Waals surface area (Å²) in [5, 5.41) is 6.89. The molecule has 0 radical (unpaired) electrons. The van der Waals surface area contributed by atoms with Crippen molar-refractivity contribution in [3.63, 3.8) is 0 Å². The molecule has 0 fully saturated rings. The zero-order valence-electron chi connectivity index (χ0n) is 24.6. The minimum absolute atomic E-state index is 0.861. The van der Waals surface area contributed by atoms with Gasteiger partial charge in [0.25, 0.3) is 0 Å². The van der Waals surface area contributed by atoms with E-state index in [9.17, 15) is 0 Å². The third-order valence-corrected chi connectivity index (χ3v) is 10.3. The van der Waals surface area contributed by atoms with Crippen molar-refractivity contribution in [3.8, 4) is 11.1 Å². The molecule has 0 saturated carbocycles. The number of benzene rings is 7. The quantitative estimate of drug-likeness (QED) is 0.199. The molecule has 10 aromatic rings. The van der Waals surface area contributed by atoms with Crippen LogP contribution in [0.5, 0.6) is 0 Å². The van der Waals surface area contributed by atoms with Gasteiger partial charge in [0.2, 0.25) is 0 Å². The second kappa shape index (κ2) is 9.83. The molecule has 0 N–H and O–H groups in total. The highest BCUT2D eigenvalue weighted by Gasteiger charge is 2.24. The highest BCUT2D eigenvalue weighted by molar-refractivity contribution is 7.26. The minimum Gasteiger partial charge on any atom is -0.456 e. The van der Waals surface area contributed by atoms with E-state index in [0.717, 1.165) is 60.9 Å². The molecular weight excluding hydrogens is 583 g/mol. The Hall–Kier alpha value is -5.84. The van der Waals surface area contributed by atoms with E-state index in [1.54, 1.807) is 0 Å². The van der Waals surface area contributed by atoms with E-state index in [1.807, 2.05) is 35.6 Å². The highest BCUT2D eigenvalue weighted by Crippen LogP contribution is 2.50. The van der Waals surface area contributed by atoms with Gasteiger partial charge in [0.1, 0.15) is 22.3 Å². The van der Waals surface area contributed by atoms with Crippen molar-refractivity contribution >= 4 is 92.4 Å². The molecule has 0 aliphatic heterocycles. The number of nitrogens with zero attached hydrogens (tertiary/aromatic N) is 1. The Morgan fingerprint density at radius 1 is 0.435 bits per heavy atom. The maximum atomic E-state index is 6.43. The van der Waals surface area contributed by atoms with E-state index in [1.165, 1.54) is 31.3 Å². The van der Waals surface area contributed by atoms with Crippen molar-refractivity contribution in [1.82, 2.24) is 0 Å². The number of hydrogen-bond acceptors (Lipinski definition) is 4. The SMILES string of the molecule is c1ccc(-c2ccc(N(c3ccc4c(c3)oc3ccccc34)c3cccc4oc5ccccc5c34)c3c2sc2ccccc23)cc1. The van der Waals surface area contributed by atoms with Gasteiger partial charge in [-0.1, -0.05) is 97.1 Å². The van der Waals surface area contributed by atoms with Gasteiger partial charge < -0.3 is 13.7 Å². The Labute approximate surface area is 268 Å². The summed E-state index contributed by atoms with van der Waals surface area (Å²) < 4.78 is 15.4. The van der Waals surface area contributed by atoms with Gasteiger partial charge in [0, 0.05) is 48.1 Å². The summed E-state index contributed by atoms with van der Waals surface area (Å²) in [6, 6.07) is 53.5. The van der Waals surface area contributed by atoms with Gasteiger partial charge in [-0.15, -0.1) is 11.3 Å². The summed E-state index contributed by atoms with van der Waals surface area (Å²) in [7, 11) is 0. The fourth-order valence-electron chi connectivity index (χ4n) is 7.05. The Balaban J connectivity index is 1.33. The lowest BCUT2D eigenvalue weighted by atomic mass is 9.99. The second-order valence-electron chi connectivity index (χ2n) is 11.7. The molecule has 46 heavy (non-hydrogen) atoms. The number of para-hydroxylation sites is 2. The average Bonchev–Trinajstić information content (AvgIpc) is 3.80. The predicted octanol–water partition coefficient (Wildman–Crippen LogP) is 13.0. The number of thiophene rings is 1. The number of anilines is 3. The summed E-state index contributed by atoms with van der Waals surface area (Å²) in [6.07, 6.45) is 0. The molecule has 0 atom stereocenters. The molecular formula is C42H25NO2S. The fourth-order valence-corrected chi connectivity index (χ4v) is 8.30. The van der Waals surface area contributed by atoms with E-state index in [-0.39, 0.29) is 0 Å². The molecule has 10 rings (SSSR count). The Bertz CT molecular complexity index is 2770. The Morgan fingerprint density at radius 2 is 1.09 bits per heavy atom. The first-order valence-corrected chi connectivity index (χ1v) is 16.2. The predicted molar refractivity (Wildman–Crippen MR) is 194 cm³/mol. The van der Waals surface area contributed by atoms with Crippen LogP contribution in [0.3, 0.4) is 0 Å². The molecule has 0 saturated heterocycles. The lowest BCUT2D eigenvalue weighted by Crippen LogP contribution is -2.11. The van der Waals surface area contributed by atoms with Gasteiger partial charge in [-0.2, -0.15) is 0 Å². The van der Waals surface area contributed by atoms with Gasteiger partial charge in [-0.3, -0.25) is 0 Å². The van der Waals surface area contributed by atoms with Crippen molar-refractivity contribution in [1.29, 1.82) is 0 Å². The first kappa shape index (κ1) is 25.5. The average molecular weight is 608 g/mol. The molecule has 0 amide bonds. The molecule has 3 heterocycles. The van der Waals surface area contributed by atoms with Gasteiger partial charge >= 0.3 is 0 Å². The van der Waals surface area contributed by atoms with Crippen LogP contribution in [0.2, 0.25) is 0 Å². The third kappa shape index (κ3) is 3.71. The largest absolute Gasteiger partial charge is 0.456 e. The topological polar surface area (TPSA) is 29.5 Å². The first-order chi connectivity index (χ1) is 22.8. The van der Waals surface area contributed by atoms with Crippen LogP contribution in [0.25, 0.3) is 75.2 Å². The smallest absolute Gasteiger partial charge is 0.137 e. The summed E-state index contributed by atoms with van der Waals surface area (Å²) >= 11 is 1.85. The van der Waals surface area contributed by atoms with Crippen LogP contribution in [-0.4, -0.2) is 0 Å². The monoisotopic (exact) mass is 607 g/mol. The summed E-state index contributed by atoms with van der Waals surface area (Å²) in [4.78, 5) is 2.40. The van der Waals surface area contributed by atoms with E-state index < -0.39 is 0 Å². The molecule has 0 spiro atoms. The molecule has 216 valence electrons. The number of fused-ring (bicyclic) bond motifs is 9. The third-order valence-electron chi connectivity index (χ3n) is 9.07. The molecule has 7 aromatic carbocycles. The lowest BCUT2D eigenvalue weighted by Gasteiger charge is -2.27. The number of hydrogen-bond donors (Lipinski definition) is 0. The van der Waals surface area contributed by atoms with Crippen molar-refractivity contribution < 1.29 is 8.83 Å². The van der Waals surface area contributed by atoms with E-state index in [0.29, 0.717) is 0 Å². The minimum atomic E-state index is 0.861. The van der Waals surface area contributed by atoms with Gasteiger partial charge in [-0.05, 0) is 59.7 Å². The van der Waals surface area contributed by atoms with Gasteiger partial charge in [0.05, 0.1) is 16.8 Å². The summed E-state index contributed by atoms with van der Waals surface area (Å²) in [5.41, 5.74) is 9.13. The van der Waals surface area contributed by atoms with Crippen LogP contribution < -0.4 is 4.90 Å². The van der Waals surface area contributed by atoms with Crippen LogP contribution in [0.4, 0.5) is 17.1 Å². The number of rotatable bonds is 4. The lowest BCUT2D eigenvalue weighted by molar-refractivity contribution is 0.669. The van der Waals surface area contributed by atoms with Crippen LogP contribution in [0.1, 0.15) is 0 Å². The normalized spacial score (nSPS) is 11.9. The van der Waals surface area contributed by atoms with E-state index >= 15 is 0 Å². The van der Waals surface area contributed by atoms with Crippen LogP contribution in [0, 0.1) is 0 Å². The summed E-state index contributed by atoms with van der Waals surface area (Å²) in [5.74, 6) is 0. The second-order valence-corrected chi connectivity index (χ2v) is 12.7. The zero-order valence-corrected chi connectivity index (χ0v) is 25.4. The van der Waals surface area contributed by atoms with E-state index in [4.69, 9.17) is 8.83 Å². The maximum Gasteiger partial charge on any atom is 0.137 e. The van der Waals surface area contributed by atoms with Crippen LogP contribution >= 0.6 is 11.3 Å². The van der Waals surface area contributed by atoms with Crippen molar-refractivity contribution in [2.75, 3.05) is 4.90 Å². The van der Waals surface area contributed by atoms with Crippen molar-refractivity contribution in [2.24, 2.45) is 0 Å². The fraction of sp³-hybridized carbons (Fsp3) is 0. The summed E-state index contributed by atoms with van der Waals surface area (Å²) in [6.45, 7) is 0. The van der Waals surface area contributed by atoms with Gasteiger partial charge in [0.15, 0.2) is 0 Å². The van der Waals surface area contributed by atoms with Crippen LogP contribution in [-0.2, 0) is 0 Å². The highest BCUT2D eigenvalue weighted by atomic mass is 32.1. The molecule has 0 bridgehead atoms. The Kier molecular flexibility index (Phi) is 5.45. The van der Waals surface area contributed by atoms with Crippen LogP contribution in [0.15, 0.2) is 160 Å². The number of furan rings is 2. The van der Waals surface area contributed by atoms with Crippen molar-refractivity contribution in [2.45, 2.75) is 0 Å². The Morgan fingerprint density at radius 3 is 1.96 bits per heavy atom.